The Kier molecular flexibility index (Phi) is 3.27. The molecule has 0 aliphatic carbocycles. The molecule has 0 saturated carbocycles. The van der Waals surface area contributed by atoms with Crippen molar-refractivity contribution in [1.29, 1.82) is 0 Å². The highest BCUT2D eigenvalue weighted by atomic mass is 15.2. The summed E-state index contributed by atoms with van der Waals surface area (Å²) in [7, 11) is 0. The van der Waals surface area contributed by atoms with Crippen molar-refractivity contribution in [2.24, 2.45) is 5.41 Å². The Morgan fingerprint density at radius 3 is 1.79 bits per heavy atom. The van der Waals surface area contributed by atoms with Crippen molar-refractivity contribution in [3.63, 3.8) is 0 Å². The van der Waals surface area contributed by atoms with E-state index in [2.05, 4.69) is 51.4 Å². The van der Waals surface area contributed by atoms with Crippen LogP contribution in [0.3, 0.4) is 0 Å². The van der Waals surface area contributed by atoms with Gasteiger partial charge in [-0.15, -0.1) is 0 Å². The van der Waals surface area contributed by atoms with Gasteiger partial charge in [0.25, 0.3) is 0 Å². The lowest BCUT2D eigenvalue weighted by Gasteiger charge is -2.30. The van der Waals surface area contributed by atoms with E-state index >= 15 is 0 Å². The maximum Gasteiger partial charge on any atom is 0.0768 e. The normalized spacial score (nSPS) is 19.2. The molecule has 14 heavy (non-hydrogen) atoms. The molecule has 0 aromatic rings. The molecule has 1 saturated heterocycles. The molecule has 0 radical (unpaired) electrons. The van der Waals surface area contributed by atoms with Gasteiger partial charge in [-0.1, -0.05) is 11.8 Å². The summed E-state index contributed by atoms with van der Waals surface area (Å²) in [4.78, 5) is 2.49. The topological polar surface area (TPSA) is 3.24 Å². The number of nitrogens with zero attached hydrogens (tertiary/aromatic N) is 1. The number of rotatable bonds is 1. The Morgan fingerprint density at radius 2 is 1.36 bits per heavy atom. The largest absolute Gasteiger partial charge is 0.288 e. The lowest BCUT2D eigenvalue weighted by atomic mass is 9.94. The van der Waals surface area contributed by atoms with Crippen LogP contribution in [-0.4, -0.2) is 23.5 Å². The van der Waals surface area contributed by atoms with Crippen LogP contribution in [0.4, 0.5) is 0 Å². The second kappa shape index (κ2) is 3.95. The van der Waals surface area contributed by atoms with Gasteiger partial charge >= 0.3 is 0 Å². The molecule has 1 aliphatic rings. The molecule has 1 rings (SSSR count). The van der Waals surface area contributed by atoms with Gasteiger partial charge in [0.2, 0.25) is 0 Å². The summed E-state index contributed by atoms with van der Waals surface area (Å²) < 4.78 is 0. The van der Waals surface area contributed by atoms with Gasteiger partial charge in [0.05, 0.1) is 5.54 Å². The first-order chi connectivity index (χ1) is 6.31. The lowest BCUT2D eigenvalue weighted by Crippen LogP contribution is -2.40. The summed E-state index contributed by atoms with van der Waals surface area (Å²) in [6, 6.07) is 0. The summed E-state index contributed by atoms with van der Waals surface area (Å²) in [6.45, 7) is 13.4. The van der Waals surface area contributed by atoms with Gasteiger partial charge in [0.15, 0.2) is 0 Å². The summed E-state index contributed by atoms with van der Waals surface area (Å²) in [5.74, 6) is 6.76. The molecule has 0 atom stereocenters. The second-order valence-corrected chi connectivity index (χ2v) is 5.75. The van der Waals surface area contributed by atoms with E-state index in [9.17, 15) is 0 Å². The molecule has 0 aromatic carbocycles. The summed E-state index contributed by atoms with van der Waals surface area (Å²) in [5.41, 5.74) is 0.181. The van der Waals surface area contributed by atoms with Gasteiger partial charge in [-0.3, -0.25) is 4.90 Å². The third-order valence-corrected chi connectivity index (χ3v) is 2.64. The molecular formula is C13H23N. The van der Waals surface area contributed by atoms with Crippen molar-refractivity contribution in [2.75, 3.05) is 13.1 Å². The van der Waals surface area contributed by atoms with Crippen molar-refractivity contribution >= 4 is 0 Å². The van der Waals surface area contributed by atoms with Crippen LogP contribution in [0.5, 0.6) is 0 Å². The minimum absolute atomic E-state index is 0.0593. The average molecular weight is 193 g/mol. The Hall–Kier alpha value is -0.480. The highest BCUT2D eigenvalue weighted by Crippen LogP contribution is 2.21. The van der Waals surface area contributed by atoms with Crippen molar-refractivity contribution in [2.45, 2.75) is 53.0 Å². The first kappa shape index (κ1) is 11.6. The zero-order valence-corrected chi connectivity index (χ0v) is 10.3. The lowest BCUT2D eigenvalue weighted by molar-refractivity contribution is 0.213. The van der Waals surface area contributed by atoms with E-state index in [0.29, 0.717) is 0 Å². The highest BCUT2D eigenvalue weighted by molar-refractivity contribution is 5.18. The molecule has 1 nitrogen and oxygen atoms in total. The fourth-order valence-electron chi connectivity index (χ4n) is 1.70. The van der Waals surface area contributed by atoms with Crippen LogP contribution in [0.25, 0.3) is 0 Å². The number of hydrogen-bond donors (Lipinski definition) is 0. The Labute approximate surface area is 88.9 Å². The van der Waals surface area contributed by atoms with Crippen LogP contribution in [0, 0.1) is 17.3 Å². The van der Waals surface area contributed by atoms with Crippen LogP contribution < -0.4 is 0 Å². The third-order valence-electron chi connectivity index (χ3n) is 2.64. The molecule has 80 valence electrons. The maximum absolute atomic E-state index is 3.42. The predicted octanol–water partition coefficient (Wildman–Crippen LogP) is 2.91. The Bertz CT molecular complexity index is 241. The first-order valence-corrected chi connectivity index (χ1v) is 5.61. The molecule has 1 heteroatoms. The average Bonchev–Trinajstić information content (AvgIpc) is 2.52. The van der Waals surface area contributed by atoms with Crippen molar-refractivity contribution in [3.05, 3.63) is 0 Å². The van der Waals surface area contributed by atoms with E-state index in [1.807, 2.05) is 0 Å². The van der Waals surface area contributed by atoms with E-state index in [0.717, 1.165) is 0 Å². The zero-order valence-electron chi connectivity index (χ0n) is 10.3. The summed E-state index contributed by atoms with van der Waals surface area (Å²) in [6.07, 6.45) is 2.67. The standard InChI is InChI=1S/C13H23N/c1-12(2,3)8-9-13(4,5)14-10-6-7-11-14/h6-7,10-11H2,1-5H3. The van der Waals surface area contributed by atoms with E-state index < -0.39 is 0 Å². The van der Waals surface area contributed by atoms with E-state index in [1.165, 1.54) is 25.9 Å². The van der Waals surface area contributed by atoms with Gasteiger partial charge in [0.1, 0.15) is 0 Å². The molecule has 1 fully saturated rings. The molecule has 0 aromatic heterocycles. The fourth-order valence-corrected chi connectivity index (χ4v) is 1.70. The van der Waals surface area contributed by atoms with Crippen molar-refractivity contribution in [1.82, 2.24) is 4.90 Å². The summed E-state index contributed by atoms with van der Waals surface area (Å²) in [5, 5.41) is 0. The fraction of sp³-hybridized carbons (Fsp3) is 0.846. The highest BCUT2D eigenvalue weighted by Gasteiger charge is 2.27. The van der Waals surface area contributed by atoms with Gasteiger partial charge in [-0.05, 0) is 60.5 Å². The quantitative estimate of drug-likeness (QED) is 0.579. The number of likely N-dealkylation sites (tertiary alicyclic amines) is 1. The first-order valence-electron chi connectivity index (χ1n) is 5.61. The molecule has 1 aliphatic heterocycles. The molecule has 0 bridgehead atoms. The Morgan fingerprint density at radius 1 is 0.857 bits per heavy atom. The molecular weight excluding hydrogens is 170 g/mol. The predicted molar refractivity (Wildman–Crippen MR) is 62.1 cm³/mol. The van der Waals surface area contributed by atoms with Crippen LogP contribution >= 0.6 is 0 Å². The molecule has 1 heterocycles. The van der Waals surface area contributed by atoms with E-state index in [1.54, 1.807) is 0 Å². The Balaban J connectivity index is 2.68. The third kappa shape index (κ3) is 3.35. The SMILES string of the molecule is CC(C)(C)C#CC(C)(C)N1CCCC1. The van der Waals surface area contributed by atoms with Gasteiger partial charge in [0, 0.05) is 5.41 Å². The van der Waals surface area contributed by atoms with Crippen LogP contribution in [0.1, 0.15) is 47.5 Å². The van der Waals surface area contributed by atoms with Crippen LogP contribution in [0.2, 0.25) is 0 Å². The second-order valence-electron chi connectivity index (χ2n) is 5.75. The smallest absolute Gasteiger partial charge is 0.0768 e. The number of hydrogen-bond acceptors (Lipinski definition) is 1. The molecule has 0 unspecified atom stereocenters. The van der Waals surface area contributed by atoms with Gasteiger partial charge < -0.3 is 0 Å². The summed E-state index contributed by atoms with van der Waals surface area (Å²) >= 11 is 0. The van der Waals surface area contributed by atoms with Crippen LogP contribution in [0.15, 0.2) is 0 Å². The van der Waals surface area contributed by atoms with Crippen molar-refractivity contribution < 1.29 is 0 Å². The maximum atomic E-state index is 3.42. The van der Waals surface area contributed by atoms with Gasteiger partial charge in [-0.25, -0.2) is 0 Å². The molecule has 0 N–H and O–H groups in total. The van der Waals surface area contributed by atoms with Crippen molar-refractivity contribution in [3.8, 4) is 11.8 Å². The zero-order chi connectivity index (χ0) is 10.8. The van der Waals surface area contributed by atoms with E-state index in [4.69, 9.17) is 0 Å². The molecule has 0 spiro atoms. The van der Waals surface area contributed by atoms with Gasteiger partial charge in [-0.2, -0.15) is 0 Å². The van der Waals surface area contributed by atoms with Crippen LogP contribution in [-0.2, 0) is 0 Å². The minimum Gasteiger partial charge on any atom is -0.288 e. The van der Waals surface area contributed by atoms with E-state index in [-0.39, 0.29) is 11.0 Å². The minimum atomic E-state index is 0.0593. The monoisotopic (exact) mass is 193 g/mol. The molecule has 0 amide bonds.